The highest BCUT2D eigenvalue weighted by Crippen LogP contribution is 2.18. The van der Waals surface area contributed by atoms with Gasteiger partial charge >= 0.3 is 0 Å². The minimum Gasteiger partial charge on any atom is -0.423 e. The van der Waals surface area contributed by atoms with Gasteiger partial charge in [-0.25, -0.2) is 0 Å². The van der Waals surface area contributed by atoms with Crippen LogP contribution in [-0.4, -0.2) is 35.7 Å². The van der Waals surface area contributed by atoms with Gasteiger partial charge in [0, 0.05) is 18.7 Å². The smallest absolute Gasteiger partial charge is 0.146 e. The largest absolute Gasteiger partial charge is 0.423 e. The van der Waals surface area contributed by atoms with E-state index in [-0.39, 0.29) is 5.60 Å². The van der Waals surface area contributed by atoms with Crippen molar-refractivity contribution in [1.82, 2.24) is 5.32 Å². The molecule has 0 amide bonds. The van der Waals surface area contributed by atoms with Gasteiger partial charge in [-0.2, -0.15) is 0 Å². The van der Waals surface area contributed by atoms with Crippen molar-refractivity contribution in [3.8, 4) is 0 Å². The number of hydrogen-bond acceptors (Lipinski definition) is 3. The Kier molecular flexibility index (Phi) is 6.58. The quantitative estimate of drug-likeness (QED) is 0.440. The normalized spacial score (nSPS) is 14.8. The maximum Gasteiger partial charge on any atom is 0.146 e. The Morgan fingerprint density at radius 1 is 1.54 bits per heavy atom. The summed E-state index contributed by atoms with van der Waals surface area (Å²) in [6.45, 7) is 9.20. The topological polar surface area (TPSA) is 47.3 Å². The van der Waals surface area contributed by atoms with Crippen LogP contribution in [0.1, 0.15) is 27.2 Å². The molecule has 0 saturated carbocycles. The summed E-state index contributed by atoms with van der Waals surface area (Å²) in [5.74, 6) is 0.649. The standard InChI is InChI=1S/C9H24N2OSi/c1-8(7-11-5-4-10)6-9(2,3)12-13/h8,11H,4-7,10H2,1-3,13H3. The highest BCUT2D eigenvalue weighted by atomic mass is 28.2. The van der Waals surface area contributed by atoms with Gasteiger partial charge in [0.25, 0.3) is 0 Å². The molecule has 0 rings (SSSR count). The van der Waals surface area contributed by atoms with Crippen LogP contribution in [0.3, 0.4) is 0 Å². The molecule has 13 heavy (non-hydrogen) atoms. The molecule has 0 heterocycles. The highest BCUT2D eigenvalue weighted by molar-refractivity contribution is 5.98. The van der Waals surface area contributed by atoms with Gasteiger partial charge in [0.1, 0.15) is 10.5 Å². The number of nitrogens with one attached hydrogen (secondary N) is 1. The van der Waals surface area contributed by atoms with E-state index in [0.29, 0.717) is 12.5 Å². The highest BCUT2D eigenvalue weighted by Gasteiger charge is 2.18. The minimum atomic E-state index is 0.0516. The molecular formula is C9H24N2OSi. The van der Waals surface area contributed by atoms with Gasteiger partial charge in [-0.1, -0.05) is 6.92 Å². The summed E-state index contributed by atoms with van der Waals surface area (Å²) in [7, 11) is 0.818. The van der Waals surface area contributed by atoms with Crippen LogP contribution in [0.5, 0.6) is 0 Å². The lowest BCUT2D eigenvalue weighted by Gasteiger charge is -2.27. The molecule has 1 unspecified atom stereocenters. The summed E-state index contributed by atoms with van der Waals surface area (Å²) in [6.07, 6.45) is 1.11. The molecule has 0 aliphatic rings. The van der Waals surface area contributed by atoms with E-state index in [0.717, 1.165) is 30.0 Å². The zero-order valence-corrected chi connectivity index (χ0v) is 11.4. The van der Waals surface area contributed by atoms with Crippen LogP contribution < -0.4 is 11.1 Å². The van der Waals surface area contributed by atoms with E-state index in [2.05, 4.69) is 26.1 Å². The molecule has 0 radical (unpaired) electrons. The SMILES string of the molecule is CC(CNCCN)CC(C)(C)O[SiH3]. The van der Waals surface area contributed by atoms with Gasteiger partial charge in [0.2, 0.25) is 0 Å². The third-order valence-corrected chi connectivity index (χ3v) is 3.31. The first-order chi connectivity index (χ1) is 6.02. The van der Waals surface area contributed by atoms with Gasteiger partial charge in [0.15, 0.2) is 0 Å². The number of nitrogens with two attached hydrogens (primary N) is 1. The summed E-state index contributed by atoms with van der Waals surface area (Å²) in [4.78, 5) is 0. The van der Waals surface area contributed by atoms with E-state index in [1.165, 1.54) is 0 Å². The lowest BCUT2D eigenvalue weighted by molar-refractivity contribution is 0.0939. The van der Waals surface area contributed by atoms with Crippen molar-refractivity contribution < 1.29 is 4.43 Å². The van der Waals surface area contributed by atoms with Crippen molar-refractivity contribution in [3.63, 3.8) is 0 Å². The number of hydrogen-bond donors (Lipinski definition) is 2. The second-order valence-electron chi connectivity index (χ2n) is 4.27. The molecule has 0 aromatic carbocycles. The van der Waals surface area contributed by atoms with Crippen LogP contribution >= 0.6 is 0 Å². The fourth-order valence-corrected chi connectivity index (χ4v) is 1.61. The molecule has 0 bridgehead atoms. The summed E-state index contributed by atoms with van der Waals surface area (Å²) in [5.41, 5.74) is 5.44. The Bertz CT molecular complexity index is 131. The molecule has 0 aromatic rings. The summed E-state index contributed by atoms with van der Waals surface area (Å²) in [6, 6.07) is 0. The van der Waals surface area contributed by atoms with Crippen molar-refractivity contribution in [2.45, 2.75) is 32.8 Å². The van der Waals surface area contributed by atoms with Crippen LogP contribution in [-0.2, 0) is 4.43 Å². The van der Waals surface area contributed by atoms with Crippen molar-refractivity contribution in [2.75, 3.05) is 19.6 Å². The molecule has 0 fully saturated rings. The van der Waals surface area contributed by atoms with Crippen molar-refractivity contribution in [2.24, 2.45) is 11.7 Å². The molecular weight excluding hydrogens is 180 g/mol. The third-order valence-electron chi connectivity index (χ3n) is 2.21. The van der Waals surface area contributed by atoms with Crippen LogP contribution in [0, 0.1) is 5.92 Å². The van der Waals surface area contributed by atoms with Gasteiger partial charge in [-0.15, -0.1) is 0 Å². The van der Waals surface area contributed by atoms with Gasteiger partial charge in [-0.3, -0.25) is 0 Å². The first kappa shape index (κ1) is 13.1. The van der Waals surface area contributed by atoms with Crippen LogP contribution in [0.2, 0.25) is 0 Å². The Morgan fingerprint density at radius 2 is 2.15 bits per heavy atom. The van der Waals surface area contributed by atoms with E-state index in [9.17, 15) is 0 Å². The van der Waals surface area contributed by atoms with Crippen LogP contribution in [0.25, 0.3) is 0 Å². The molecule has 3 nitrogen and oxygen atoms in total. The lowest BCUT2D eigenvalue weighted by atomic mass is 9.95. The van der Waals surface area contributed by atoms with E-state index in [4.69, 9.17) is 10.2 Å². The minimum absolute atomic E-state index is 0.0516. The van der Waals surface area contributed by atoms with Gasteiger partial charge in [0.05, 0.1) is 0 Å². The van der Waals surface area contributed by atoms with Crippen LogP contribution in [0.15, 0.2) is 0 Å². The molecule has 0 aliphatic heterocycles. The van der Waals surface area contributed by atoms with Crippen molar-refractivity contribution in [3.05, 3.63) is 0 Å². The Labute approximate surface area is 85.0 Å². The maximum absolute atomic E-state index is 5.50. The van der Waals surface area contributed by atoms with E-state index in [1.807, 2.05) is 0 Å². The monoisotopic (exact) mass is 204 g/mol. The molecule has 4 heteroatoms. The molecule has 0 aromatic heterocycles. The molecule has 80 valence electrons. The summed E-state index contributed by atoms with van der Waals surface area (Å²) >= 11 is 0. The zero-order chi connectivity index (χ0) is 10.3. The van der Waals surface area contributed by atoms with Gasteiger partial charge in [-0.05, 0) is 32.7 Å². The van der Waals surface area contributed by atoms with E-state index in [1.54, 1.807) is 0 Å². The fourth-order valence-electron chi connectivity index (χ4n) is 1.45. The second-order valence-corrected chi connectivity index (χ2v) is 4.67. The Hall–Kier alpha value is 0.0969. The average Bonchev–Trinajstić information content (AvgIpc) is 2.04. The van der Waals surface area contributed by atoms with E-state index >= 15 is 0 Å². The Balaban J connectivity index is 3.55. The predicted molar refractivity (Wildman–Crippen MR) is 60.8 cm³/mol. The zero-order valence-electron chi connectivity index (χ0n) is 9.39. The average molecular weight is 204 g/mol. The third kappa shape index (κ3) is 7.19. The molecule has 0 spiro atoms. The first-order valence-corrected chi connectivity index (χ1v) is 5.79. The lowest BCUT2D eigenvalue weighted by Crippen LogP contribution is -2.32. The van der Waals surface area contributed by atoms with Crippen molar-refractivity contribution >= 4 is 10.5 Å². The molecule has 0 saturated heterocycles. The maximum atomic E-state index is 5.50. The van der Waals surface area contributed by atoms with Crippen LogP contribution in [0.4, 0.5) is 0 Å². The summed E-state index contributed by atoms with van der Waals surface area (Å²) in [5, 5.41) is 3.31. The molecule has 1 atom stereocenters. The molecule has 0 aliphatic carbocycles. The number of rotatable bonds is 7. The first-order valence-electron chi connectivity index (χ1n) is 4.98. The fraction of sp³-hybridized carbons (Fsp3) is 1.00. The van der Waals surface area contributed by atoms with Gasteiger partial charge < -0.3 is 15.5 Å². The predicted octanol–water partition coefficient (Wildman–Crippen LogP) is -0.363. The summed E-state index contributed by atoms with van der Waals surface area (Å²) < 4.78 is 5.50. The van der Waals surface area contributed by atoms with Crippen molar-refractivity contribution in [1.29, 1.82) is 0 Å². The van der Waals surface area contributed by atoms with E-state index < -0.39 is 0 Å². The second kappa shape index (κ2) is 6.54. The Morgan fingerprint density at radius 3 is 2.62 bits per heavy atom. The molecule has 3 N–H and O–H groups in total.